The van der Waals surface area contributed by atoms with E-state index < -0.39 is 51.4 Å². The molecule has 2 aliphatic rings. The molecule has 2 aliphatic heterocycles. The number of carbonyl (C=O) groups excluding carboxylic acids is 1. The van der Waals surface area contributed by atoms with Gasteiger partial charge < -0.3 is 30.0 Å². The SMILES string of the molecule is CC(C)(C)OC(=O)NC[C@H]1[C@H](n2cnc3c(OCc4ccccc4)nc(N)nc32)OC2(COS(=O)(=O)C2)[C@H]1OCc1ccc(Cl)cc1. The van der Waals surface area contributed by atoms with E-state index >= 15 is 0 Å². The molecule has 4 heterocycles. The lowest BCUT2D eigenvalue weighted by Gasteiger charge is -2.29. The number of imidazole rings is 1. The molecule has 4 atom stereocenters. The summed E-state index contributed by atoms with van der Waals surface area (Å²) in [7, 11) is -3.95. The number of anilines is 1. The number of nitrogens with two attached hydrogens (primary N) is 1. The average Bonchev–Trinajstić information content (AvgIpc) is 3.66. The van der Waals surface area contributed by atoms with Gasteiger partial charge in [0.2, 0.25) is 11.8 Å². The number of nitrogen functional groups attached to an aromatic ring is 1. The van der Waals surface area contributed by atoms with Crippen LogP contribution in [-0.4, -0.2) is 70.2 Å². The van der Waals surface area contributed by atoms with Gasteiger partial charge in [-0.1, -0.05) is 54.1 Å². The lowest BCUT2D eigenvalue weighted by molar-refractivity contribution is -0.113. The van der Waals surface area contributed by atoms with E-state index in [-0.39, 0.29) is 43.8 Å². The number of fused-ring (bicyclic) bond motifs is 1. The van der Waals surface area contributed by atoms with Crippen LogP contribution in [0.5, 0.6) is 5.88 Å². The summed E-state index contributed by atoms with van der Waals surface area (Å²) < 4.78 is 56.8. The Bertz CT molecular complexity index is 1850. The van der Waals surface area contributed by atoms with Crippen molar-refractivity contribution in [1.82, 2.24) is 24.8 Å². The van der Waals surface area contributed by atoms with E-state index in [2.05, 4.69) is 20.3 Å². The fraction of sp³-hybridized carbons (Fsp3) is 0.419. The zero-order valence-corrected chi connectivity index (χ0v) is 27.5. The van der Waals surface area contributed by atoms with E-state index in [4.69, 9.17) is 40.5 Å². The molecule has 250 valence electrons. The van der Waals surface area contributed by atoms with Crippen LogP contribution >= 0.6 is 11.6 Å². The minimum atomic E-state index is -3.95. The van der Waals surface area contributed by atoms with Gasteiger partial charge in [-0.15, -0.1) is 0 Å². The molecule has 0 radical (unpaired) electrons. The quantitative estimate of drug-likeness (QED) is 0.242. The van der Waals surface area contributed by atoms with E-state index in [1.807, 2.05) is 30.3 Å². The van der Waals surface area contributed by atoms with Gasteiger partial charge in [-0.3, -0.25) is 8.75 Å². The van der Waals surface area contributed by atoms with Crippen molar-refractivity contribution in [3.05, 3.63) is 77.1 Å². The number of nitrogens with zero attached hydrogens (tertiary/aromatic N) is 4. The molecule has 6 rings (SSSR count). The highest BCUT2D eigenvalue weighted by Crippen LogP contribution is 2.48. The van der Waals surface area contributed by atoms with Gasteiger partial charge in [0, 0.05) is 11.6 Å². The monoisotopic (exact) mass is 686 g/mol. The van der Waals surface area contributed by atoms with E-state index in [1.165, 1.54) is 6.33 Å². The summed E-state index contributed by atoms with van der Waals surface area (Å²) in [6.45, 7) is 5.24. The third-order valence-corrected chi connectivity index (χ3v) is 9.23. The Morgan fingerprint density at radius 3 is 2.51 bits per heavy atom. The smallest absolute Gasteiger partial charge is 0.407 e. The molecule has 0 saturated carbocycles. The van der Waals surface area contributed by atoms with Gasteiger partial charge in [0.15, 0.2) is 11.2 Å². The number of nitrogens with one attached hydrogen (secondary N) is 1. The maximum absolute atomic E-state index is 12.8. The zero-order chi connectivity index (χ0) is 33.4. The molecule has 0 bridgehead atoms. The van der Waals surface area contributed by atoms with Crippen molar-refractivity contribution in [3.63, 3.8) is 0 Å². The molecule has 2 aromatic carbocycles. The van der Waals surface area contributed by atoms with Crippen LogP contribution in [0.1, 0.15) is 38.1 Å². The first-order chi connectivity index (χ1) is 22.3. The van der Waals surface area contributed by atoms with Gasteiger partial charge in [-0.05, 0) is 44.0 Å². The van der Waals surface area contributed by atoms with Crippen LogP contribution in [0.4, 0.5) is 10.7 Å². The lowest BCUT2D eigenvalue weighted by atomic mass is 9.90. The van der Waals surface area contributed by atoms with E-state index in [0.717, 1.165) is 11.1 Å². The first kappa shape index (κ1) is 32.9. The molecule has 4 aromatic rings. The molecule has 2 aromatic heterocycles. The topological polar surface area (TPSA) is 179 Å². The Hall–Kier alpha value is -4.02. The van der Waals surface area contributed by atoms with Gasteiger partial charge in [0.25, 0.3) is 10.1 Å². The van der Waals surface area contributed by atoms with Crippen molar-refractivity contribution in [2.75, 3.05) is 24.6 Å². The van der Waals surface area contributed by atoms with Crippen LogP contribution in [0.15, 0.2) is 60.9 Å². The lowest BCUT2D eigenvalue weighted by Crippen LogP contribution is -2.49. The molecule has 1 spiro atoms. The first-order valence-corrected chi connectivity index (χ1v) is 16.8. The molecule has 2 fully saturated rings. The van der Waals surface area contributed by atoms with Gasteiger partial charge in [0.05, 0.1) is 31.6 Å². The van der Waals surface area contributed by atoms with Crippen molar-refractivity contribution in [1.29, 1.82) is 0 Å². The molecular formula is C31H35ClN6O8S. The molecule has 16 heteroatoms. The Kier molecular flexibility index (Phi) is 9.02. The highest BCUT2D eigenvalue weighted by atomic mass is 35.5. The van der Waals surface area contributed by atoms with Crippen molar-refractivity contribution in [3.8, 4) is 5.88 Å². The predicted octanol–water partition coefficient (Wildman–Crippen LogP) is 3.99. The van der Waals surface area contributed by atoms with E-state index in [9.17, 15) is 13.2 Å². The number of ether oxygens (including phenoxy) is 4. The third kappa shape index (κ3) is 7.44. The number of hydrogen-bond donors (Lipinski definition) is 2. The minimum Gasteiger partial charge on any atom is -0.471 e. The Morgan fingerprint density at radius 1 is 1.11 bits per heavy atom. The second-order valence-corrected chi connectivity index (χ2v) is 14.5. The highest BCUT2D eigenvalue weighted by molar-refractivity contribution is 7.87. The third-order valence-electron chi connectivity index (χ3n) is 7.66. The van der Waals surface area contributed by atoms with Gasteiger partial charge >= 0.3 is 6.09 Å². The second-order valence-electron chi connectivity index (χ2n) is 12.4. The number of amides is 1. The van der Waals surface area contributed by atoms with Crippen LogP contribution in [0.2, 0.25) is 5.02 Å². The summed E-state index contributed by atoms with van der Waals surface area (Å²) in [5.41, 5.74) is 6.24. The average molecular weight is 687 g/mol. The number of aromatic nitrogens is 4. The summed E-state index contributed by atoms with van der Waals surface area (Å²) in [4.78, 5) is 26.0. The van der Waals surface area contributed by atoms with E-state index in [0.29, 0.717) is 10.5 Å². The first-order valence-electron chi connectivity index (χ1n) is 14.9. The minimum absolute atomic E-state index is 0.0235. The molecule has 47 heavy (non-hydrogen) atoms. The van der Waals surface area contributed by atoms with Crippen LogP contribution in [0.3, 0.4) is 0 Å². The molecule has 3 N–H and O–H groups in total. The normalized spacial score (nSPS) is 23.7. The fourth-order valence-corrected chi connectivity index (χ4v) is 7.19. The fourth-order valence-electron chi connectivity index (χ4n) is 5.69. The van der Waals surface area contributed by atoms with Crippen molar-refractivity contribution >= 4 is 44.9 Å². The summed E-state index contributed by atoms with van der Waals surface area (Å²) >= 11 is 6.07. The number of hydrogen-bond acceptors (Lipinski definition) is 12. The number of rotatable bonds is 9. The zero-order valence-electron chi connectivity index (χ0n) is 26.0. The molecule has 0 aliphatic carbocycles. The van der Waals surface area contributed by atoms with Gasteiger partial charge in [-0.2, -0.15) is 18.4 Å². The van der Waals surface area contributed by atoms with Crippen LogP contribution < -0.4 is 15.8 Å². The van der Waals surface area contributed by atoms with Crippen LogP contribution in [-0.2, 0) is 41.7 Å². The molecule has 1 amide bonds. The van der Waals surface area contributed by atoms with Crippen molar-refractivity contribution in [2.24, 2.45) is 5.92 Å². The van der Waals surface area contributed by atoms with Crippen molar-refractivity contribution < 1.29 is 36.3 Å². The van der Waals surface area contributed by atoms with Gasteiger partial charge in [-0.25, -0.2) is 9.78 Å². The second kappa shape index (κ2) is 12.9. The molecule has 2 saturated heterocycles. The summed E-state index contributed by atoms with van der Waals surface area (Å²) in [5.74, 6) is -1.07. The Morgan fingerprint density at radius 2 is 1.83 bits per heavy atom. The van der Waals surface area contributed by atoms with E-state index in [1.54, 1.807) is 49.6 Å². The maximum atomic E-state index is 12.8. The standard InChI is InChI=1S/C31H35ClN6O8S/c1-30(2,3)46-29(39)34-13-22-24(42-14-20-9-11-21(32)12-10-20)31(16-44-47(40,41)17-31)45-27(22)38-18-35-23-25(38)36-28(33)37-26(23)43-15-19-7-5-4-6-8-19/h4-12,18,22,24,27H,13-17H2,1-3H3,(H,34,39)(H2,33,36,37)/t22-,24+,27-,31?/m1/s1. The Balaban J connectivity index is 1.37. The Labute approximate surface area is 276 Å². The van der Waals surface area contributed by atoms with Crippen molar-refractivity contribution in [2.45, 2.75) is 57.5 Å². The number of alkyl carbamates (subject to hydrolysis) is 1. The summed E-state index contributed by atoms with van der Waals surface area (Å²) in [6.07, 6.45) is -1.01. The number of benzene rings is 2. The molecule has 1 unspecified atom stereocenters. The predicted molar refractivity (Wildman–Crippen MR) is 171 cm³/mol. The number of halogens is 1. The maximum Gasteiger partial charge on any atom is 0.407 e. The largest absolute Gasteiger partial charge is 0.471 e. The summed E-state index contributed by atoms with van der Waals surface area (Å²) in [5, 5.41) is 3.36. The highest BCUT2D eigenvalue weighted by Gasteiger charge is 2.62. The summed E-state index contributed by atoms with van der Waals surface area (Å²) in [6, 6.07) is 16.6. The van der Waals surface area contributed by atoms with Crippen LogP contribution in [0.25, 0.3) is 11.2 Å². The van der Waals surface area contributed by atoms with Gasteiger partial charge in [0.1, 0.15) is 29.8 Å². The van der Waals surface area contributed by atoms with Crippen LogP contribution in [0, 0.1) is 5.92 Å². The number of carbonyl (C=O) groups is 1. The molecule has 14 nitrogen and oxygen atoms in total. The molecular weight excluding hydrogens is 652 g/mol.